The highest BCUT2D eigenvalue weighted by atomic mass is 32.2. The maximum absolute atomic E-state index is 12.7. The lowest BCUT2D eigenvalue weighted by atomic mass is 10.1. The molecule has 10 heteroatoms. The Kier molecular flexibility index (Phi) is 7.94. The van der Waals surface area contributed by atoms with Crippen molar-refractivity contribution in [2.24, 2.45) is 16.0 Å². The lowest BCUT2D eigenvalue weighted by Gasteiger charge is -2.20. The molecule has 36 heavy (non-hydrogen) atoms. The summed E-state index contributed by atoms with van der Waals surface area (Å²) in [5, 5.41) is 15.7. The minimum Gasteiger partial charge on any atom is -0.497 e. The molecule has 4 rings (SSSR count). The van der Waals surface area contributed by atoms with Crippen molar-refractivity contribution in [3.63, 3.8) is 0 Å². The predicted molar refractivity (Wildman–Crippen MR) is 141 cm³/mol. The van der Waals surface area contributed by atoms with Crippen LogP contribution in [0.4, 0.5) is 0 Å². The lowest BCUT2D eigenvalue weighted by Crippen LogP contribution is -2.35. The third kappa shape index (κ3) is 5.88. The average Bonchev–Trinajstić information content (AvgIpc) is 3.26. The monoisotopic (exact) mass is 508 g/mol. The highest BCUT2D eigenvalue weighted by Crippen LogP contribution is 2.32. The first kappa shape index (κ1) is 25.3. The van der Waals surface area contributed by atoms with Gasteiger partial charge in [0.25, 0.3) is 5.91 Å². The van der Waals surface area contributed by atoms with Gasteiger partial charge in [0.05, 0.1) is 19.8 Å². The molecule has 2 aliphatic rings. The van der Waals surface area contributed by atoms with Crippen LogP contribution in [0.1, 0.15) is 25.8 Å². The number of hydrogen-bond donors (Lipinski definition) is 1. The number of fused-ring (bicyclic) bond motifs is 1. The molecular weight excluding hydrogens is 480 g/mol. The smallest absolute Gasteiger partial charge is 0.283 e. The normalized spacial score (nSPS) is 16.1. The van der Waals surface area contributed by atoms with E-state index in [0.29, 0.717) is 41.4 Å². The zero-order valence-electron chi connectivity index (χ0n) is 20.6. The van der Waals surface area contributed by atoms with Crippen LogP contribution in [0.3, 0.4) is 0 Å². The van der Waals surface area contributed by atoms with Crippen molar-refractivity contribution in [1.29, 1.82) is 5.41 Å². The molecule has 0 aromatic heterocycles. The fourth-order valence-corrected chi connectivity index (χ4v) is 4.60. The first-order valence-electron chi connectivity index (χ1n) is 11.4. The molecule has 0 atom stereocenters. The van der Waals surface area contributed by atoms with Crippen molar-refractivity contribution in [3.05, 3.63) is 53.6 Å². The van der Waals surface area contributed by atoms with Crippen molar-refractivity contribution in [3.8, 4) is 23.0 Å². The van der Waals surface area contributed by atoms with Crippen molar-refractivity contribution in [1.82, 2.24) is 5.01 Å². The zero-order chi connectivity index (χ0) is 25.7. The first-order valence-corrected chi connectivity index (χ1v) is 12.3. The van der Waals surface area contributed by atoms with Gasteiger partial charge in [0, 0.05) is 6.42 Å². The molecule has 0 saturated heterocycles. The number of amidine groups is 2. The molecule has 0 aliphatic carbocycles. The lowest BCUT2D eigenvalue weighted by molar-refractivity contribution is -0.114. The summed E-state index contributed by atoms with van der Waals surface area (Å²) in [7, 11) is 3.16. The van der Waals surface area contributed by atoms with Gasteiger partial charge < -0.3 is 18.9 Å². The van der Waals surface area contributed by atoms with Gasteiger partial charge in [-0.25, -0.2) is 0 Å². The van der Waals surface area contributed by atoms with E-state index in [1.807, 2.05) is 24.3 Å². The highest BCUT2D eigenvalue weighted by Gasteiger charge is 2.35. The fraction of sp³-hybridized carbons (Fsp3) is 0.308. The van der Waals surface area contributed by atoms with E-state index in [-0.39, 0.29) is 11.4 Å². The van der Waals surface area contributed by atoms with Crippen LogP contribution in [0.5, 0.6) is 23.0 Å². The number of nitrogens with one attached hydrogen (secondary N) is 1. The topological polar surface area (TPSA) is 106 Å². The van der Waals surface area contributed by atoms with E-state index in [9.17, 15) is 4.79 Å². The molecule has 9 nitrogen and oxygen atoms in total. The Hall–Kier alpha value is -3.79. The molecule has 1 amide bonds. The van der Waals surface area contributed by atoms with Crippen LogP contribution in [-0.4, -0.2) is 54.4 Å². The molecule has 0 bridgehead atoms. The molecule has 0 saturated carbocycles. The van der Waals surface area contributed by atoms with E-state index in [1.165, 1.54) is 16.8 Å². The van der Waals surface area contributed by atoms with Gasteiger partial charge in [-0.05, 0) is 65.7 Å². The summed E-state index contributed by atoms with van der Waals surface area (Å²) in [4.78, 5) is 16.8. The molecule has 0 unspecified atom stereocenters. The standard InChI is InChI=1S/C26H28N4O5S/c1-16(2)13-23-29-30-24(27)20(25(31)28-26(30)36-23)14-17-5-10-21(22(15-17)33-4)35-12-11-34-19-8-6-18(32-3)7-9-19/h5-10,14-16,27H,11-13H2,1-4H3/b20-14+,27-24?. The van der Waals surface area contributed by atoms with Crippen molar-refractivity contribution >= 4 is 39.8 Å². The second-order valence-corrected chi connectivity index (χ2v) is 9.43. The second kappa shape index (κ2) is 11.3. The average molecular weight is 509 g/mol. The molecule has 1 N–H and O–H groups in total. The number of nitrogens with zero attached hydrogens (tertiary/aromatic N) is 3. The largest absolute Gasteiger partial charge is 0.497 e. The van der Waals surface area contributed by atoms with E-state index in [1.54, 1.807) is 38.5 Å². The van der Waals surface area contributed by atoms with Crippen molar-refractivity contribution in [2.75, 3.05) is 27.4 Å². The Morgan fingerprint density at radius 1 is 1.00 bits per heavy atom. The van der Waals surface area contributed by atoms with Gasteiger partial charge in [-0.1, -0.05) is 19.9 Å². The Balaban J connectivity index is 1.41. The van der Waals surface area contributed by atoms with Gasteiger partial charge in [0.15, 0.2) is 17.3 Å². The molecule has 2 aromatic rings. The Morgan fingerprint density at radius 3 is 2.42 bits per heavy atom. The summed E-state index contributed by atoms with van der Waals surface area (Å²) in [5.74, 6) is 2.49. The van der Waals surface area contributed by atoms with Crippen molar-refractivity contribution in [2.45, 2.75) is 20.3 Å². The predicted octanol–water partition coefficient (Wildman–Crippen LogP) is 4.83. The molecule has 0 radical (unpaired) electrons. The number of amides is 1. The summed E-state index contributed by atoms with van der Waals surface area (Å²) in [6.45, 7) is 4.85. The SMILES string of the molecule is COc1ccc(OCCOc2ccc(/C=C3\C(=N)N4N=C(CC(C)C)SC4=NC3=O)cc2OC)cc1. The highest BCUT2D eigenvalue weighted by molar-refractivity contribution is 8.26. The maximum atomic E-state index is 12.7. The number of hydrogen-bond acceptors (Lipinski definition) is 8. The number of ether oxygens (including phenoxy) is 4. The molecule has 188 valence electrons. The maximum Gasteiger partial charge on any atom is 0.283 e. The minimum absolute atomic E-state index is 0.00577. The van der Waals surface area contributed by atoms with Crippen LogP contribution < -0.4 is 18.9 Å². The van der Waals surface area contributed by atoms with Gasteiger partial charge >= 0.3 is 0 Å². The Bertz CT molecular complexity index is 1240. The van der Waals surface area contributed by atoms with Crippen molar-refractivity contribution < 1.29 is 23.7 Å². The quantitative estimate of drug-likeness (QED) is 0.362. The number of benzene rings is 2. The van der Waals surface area contributed by atoms with E-state index < -0.39 is 5.91 Å². The van der Waals surface area contributed by atoms with E-state index in [2.05, 4.69) is 23.9 Å². The number of methoxy groups -OCH3 is 2. The van der Waals surface area contributed by atoms with E-state index in [4.69, 9.17) is 24.4 Å². The second-order valence-electron chi connectivity index (χ2n) is 8.39. The first-order chi connectivity index (χ1) is 17.4. The Labute approximate surface area is 214 Å². The van der Waals surface area contributed by atoms with E-state index in [0.717, 1.165) is 23.0 Å². The number of carbonyl (C=O) groups excluding carboxylic acids is 1. The number of aliphatic imine (C=N–C) groups is 1. The van der Waals surface area contributed by atoms with E-state index >= 15 is 0 Å². The number of thioether (sulfide) groups is 1. The number of rotatable bonds is 10. The number of hydrazone groups is 1. The van der Waals surface area contributed by atoms with Gasteiger partial charge in [-0.15, -0.1) is 0 Å². The van der Waals surface area contributed by atoms with Crippen LogP contribution in [-0.2, 0) is 4.79 Å². The summed E-state index contributed by atoms with van der Waals surface area (Å²) < 4.78 is 22.1. The molecule has 2 aliphatic heterocycles. The van der Waals surface area contributed by atoms with Gasteiger partial charge in [-0.3, -0.25) is 10.2 Å². The Morgan fingerprint density at radius 2 is 1.72 bits per heavy atom. The third-order valence-corrected chi connectivity index (χ3v) is 6.18. The van der Waals surface area contributed by atoms with Gasteiger partial charge in [0.1, 0.15) is 29.8 Å². The molecule has 0 fully saturated rings. The van der Waals surface area contributed by atoms with Crippen LogP contribution in [0.15, 0.2) is 58.1 Å². The van der Waals surface area contributed by atoms with Gasteiger partial charge in [-0.2, -0.15) is 15.1 Å². The third-order valence-electron chi connectivity index (χ3n) is 5.25. The van der Waals surface area contributed by atoms with Crippen LogP contribution >= 0.6 is 11.8 Å². The minimum atomic E-state index is -0.463. The molecule has 0 spiro atoms. The summed E-state index contributed by atoms with van der Waals surface area (Å²) in [5.41, 5.74) is 0.844. The zero-order valence-corrected chi connectivity index (χ0v) is 21.4. The molecule has 2 aromatic carbocycles. The van der Waals surface area contributed by atoms with Gasteiger partial charge in [0.2, 0.25) is 5.17 Å². The summed E-state index contributed by atoms with van der Waals surface area (Å²) in [6.07, 6.45) is 2.38. The fourth-order valence-electron chi connectivity index (χ4n) is 3.51. The summed E-state index contributed by atoms with van der Waals surface area (Å²) in [6, 6.07) is 12.6. The summed E-state index contributed by atoms with van der Waals surface area (Å²) >= 11 is 1.34. The number of carbonyl (C=O) groups is 1. The molecule has 2 heterocycles. The van der Waals surface area contributed by atoms with Crippen LogP contribution in [0, 0.1) is 11.3 Å². The molecular formula is C26H28N4O5S. The van der Waals surface area contributed by atoms with Crippen LogP contribution in [0.2, 0.25) is 0 Å². The van der Waals surface area contributed by atoms with Crippen LogP contribution in [0.25, 0.3) is 6.08 Å².